The van der Waals surface area contributed by atoms with Gasteiger partial charge >= 0.3 is 0 Å². The van der Waals surface area contributed by atoms with Gasteiger partial charge in [0.25, 0.3) is 0 Å². The van der Waals surface area contributed by atoms with Gasteiger partial charge in [0.2, 0.25) is 5.91 Å². The third kappa shape index (κ3) is 3.72. The van der Waals surface area contributed by atoms with Crippen LogP contribution in [0.2, 0.25) is 0 Å². The molecule has 2 rings (SSSR count). The van der Waals surface area contributed by atoms with Gasteiger partial charge < -0.3 is 9.64 Å². The zero-order valence-electron chi connectivity index (χ0n) is 9.56. The molecule has 0 bridgehead atoms. The Morgan fingerprint density at radius 3 is 2.88 bits per heavy atom. The van der Waals surface area contributed by atoms with Crippen LogP contribution in [0.3, 0.4) is 0 Å². The summed E-state index contributed by atoms with van der Waals surface area (Å²) in [5, 5.41) is 0.728. The summed E-state index contributed by atoms with van der Waals surface area (Å²) in [4.78, 5) is 13.6. The average Bonchev–Trinajstić information content (AvgIpc) is 2.37. The number of halogens is 1. The lowest BCUT2D eigenvalue weighted by Gasteiger charge is -2.25. The first-order valence-corrected chi connectivity index (χ1v) is 6.09. The Kier molecular flexibility index (Phi) is 4.40. The molecule has 1 aliphatic heterocycles. The molecule has 0 spiro atoms. The summed E-state index contributed by atoms with van der Waals surface area (Å²) in [6.45, 7) is 2.60. The molecule has 3 nitrogen and oxygen atoms in total. The fourth-order valence-electron chi connectivity index (χ4n) is 1.76. The minimum Gasteiger partial charge on any atom is -0.378 e. The van der Waals surface area contributed by atoms with Gasteiger partial charge in [-0.1, -0.05) is 17.7 Å². The molecule has 0 saturated carbocycles. The number of rotatable bonds is 2. The first-order valence-electron chi connectivity index (χ1n) is 5.71. The van der Waals surface area contributed by atoms with Crippen molar-refractivity contribution in [3.8, 4) is 0 Å². The fourth-order valence-corrected chi connectivity index (χ4v) is 1.97. The van der Waals surface area contributed by atoms with Crippen LogP contribution in [0, 0.1) is 6.42 Å². The van der Waals surface area contributed by atoms with E-state index in [2.05, 4.69) is 0 Å². The minimum atomic E-state index is 0.0354. The first-order chi connectivity index (χ1) is 8.25. The van der Waals surface area contributed by atoms with Crippen LogP contribution in [-0.4, -0.2) is 37.1 Å². The molecule has 0 unspecified atom stereocenters. The SMILES string of the molecule is O=C(/C=C/C1=CC[CH]C(Cl)=C1)N1CCOCC1. The topological polar surface area (TPSA) is 29.5 Å². The van der Waals surface area contributed by atoms with E-state index in [9.17, 15) is 4.79 Å². The summed E-state index contributed by atoms with van der Waals surface area (Å²) < 4.78 is 5.20. The maximum atomic E-state index is 11.8. The zero-order valence-corrected chi connectivity index (χ0v) is 10.3. The van der Waals surface area contributed by atoms with Gasteiger partial charge in [-0.2, -0.15) is 0 Å². The molecular weight excluding hydrogens is 238 g/mol. The molecule has 17 heavy (non-hydrogen) atoms. The lowest BCUT2D eigenvalue weighted by atomic mass is 10.1. The average molecular weight is 253 g/mol. The number of carbonyl (C=O) groups excluding carboxylic acids is 1. The third-order valence-electron chi connectivity index (χ3n) is 2.71. The lowest BCUT2D eigenvalue weighted by Crippen LogP contribution is -2.39. The quantitative estimate of drug-likeness (QED) is 0.704. The van der Waals surface area contributed by atoms with Gasteiger partial charge in [0, 0.05) is 30.6 Å². The Bertz CT molecular complexity index is 379. The van der Waals surface area contributed by atoms with E-state index < -0.39 is 0 Å². The standard InChI is InChI=1S/C13H15ClNO2/c14-12-3-1-2-11(10-12)4-5-13(16)15-6-8-17-9-7-15/h2-5,10H,1,6-9H2/b5-4+. The van der Waals surface area contributed by atoms with E-state index in [1.54, 1.807) is 11.0 Å². The number of amides is 1. The first kappa shape index (κ1) is 12.4. The largest absolute Gasteiger partial charge is 0.378 e. The lowest BCUT2D eigenvalue weighted by molar-refractivity contribution is -0.129. The minimum absolute atomic E-state index is 0.0354. The fraction of sp³-hybridized carbons (Fsp3) is 0.385. The molecule has 0 atom stereocenters. The van der Waals surface area contributed by atoms with Gasteiger partial charge in [-0.15, -0.1) is 0 Å². The number of allylic oxidation sites excluding steroid dienone is 5. The van der Waals surface area contributed by atoms with E-state index in [0.717, 1.165) is 17.0 Å². The summed E-state index contributed by atoms with van der Waals surface area (Å²) in [5.41, 5.74) is 0.985. The van der Waals surface area contributed by atoms with Gasteiger partial charge in [0.1, 0.15) is 0 Å². The van der Waals surface area contributed by atoms with E-state index in [0.29, 0.717) is 26.3 Å². The molecule has 1 saturated heterocycles. The molecule has 4 heteroatoms. The number of ether oxygens (including phenoxy) is 1. The van der Waals surface area contributed by atoms with Crippen molar-refractivity contribution in [3.05, 3.63) is 41.3 Å². The van der Waals surface area contributed by atoms with Crippen molar-refractivity contribution < 1.29 is 9.53 Å². The number of hydrogen-bond acceptors (Lipinski definition) is 2. The van der Waals surface area contributed by atoms with Crippen molar-refractivity contribution in [1.29, 1.82) is 0 Å². The zero-order chi connectivity index (χ0) is 12.1. The molecule has 0 aromatic carbocycles. The van der Waals surface area contributed by atoms with Gasteiger partial charge in [0.05, 0.1) is 13.2 Å². The summed E-state index contributed by atoms with van der Waals surface area (Å²) in [6, 6.07) is 0. The normalized spacial score (nSPS) is 21.4. The summed E-state index contributed by atoms with van der Waals surface area (Å²) in [6.07, 6.45) is 10.1. The Labute approximate surface area is 106 Å². The van der Waals surface area contributed by atoms with Gasteiger partial charge in [0.15, 0.2) is 0 Å². The second kappa shape index (κ2) is 6.03. The molecular formula is C13H15ClNO2. The third-order valence-corrected chi connectivity index (χ3v) is 2.98. The van der Waals surface area contributed by atoms with Gasteiger partial charge in [-0.05, 0) is 24.1 Å². The van der Waals surface area contributed by atoms with Crippen molar-refractivity contribution >= 4 is 17.5 Å². The number of hydrogen-bond donors (Lipinski definition) is 0. The molecule has 1 fully saturated rings. The summed E-state index contributed by atoms with van der Waals surface area (Å²) in [5.74, 6) is 0.0354. The predicted molar refractivity (Wildman–Crippen MR) is 67.5 cm³/mol. The second-order valence-electron chi connectivity index (χ2n) is 3.94. The van der Waals surface area contributed by atoms with Crippen molar-refractivity contribution in [1.82, 2.24) is 4.90 Å². The molecule has 1 aliphatic carbocycles. The van der Waals surface area contributed by atoms with Crippen LogP contribution in [0.15, 0.2) is 34.9 Å². The Balaban J connectivity index is 1.91. The highest BCUT2D eigenvalue weighted by atomic mass is 35.5. The highest BCUT2D eigenvalue weighted by Crippen LogP contribution is 2.19. The molecule has 91 valence electrons. The van der Waals surface area contributed by atoms with Gasteiger partial charge in [-0.25, -0.2) is 0 Å². The highest BCUT2D eigenvalue weighted by molar-refractivity contribution is 6.31. The molecule has 1 radical (unpaired) electrons. The smallest absolute Gasteiger partial charge is 0.246 e. The highest BCUT2D eigenvalue weighted by Gasteiger charge is 2.14. The maximum absolute atomic E-state index is 11.8. The maximum Gasteiger partial charge on any atom is 0.246 e. The van der Waals surface area contributed by atoms with Gasteiger partial charge in [-0.3, -0.25) is 4.79 Å². The Morgan fingerprint density at radius 2 is 2.18 bits per heavy atom. The molecule has 0 N–H and O–H groups in total. The number of morpholine rings is 1. The molecule has 1 heterocycles. The van der Waals surface area contributed by atoms with Crippen molar-refractivity contribution in [2.75, 3.05) is 26.3 Å². The van der Waals surface area contributed by atoms with Crippen LogP contribution in [0.1, 0.15) is 6.42 Å². The summed E-state index contributed by atoms with van der Waals surface area (Å²) >= 11 is 5.89. The number of carbonyl (C=O) groups is 1. The van der Waals surface area contributed by atoms with Crippen LogP contribution >= 0.6 is 11.6 Å². The van der Waals surface area contributed by atoms with Crippen LogP contribution in [-0.2, 0) is 9.53 Å². The Hall–Kier alpha value is -1.06. The molecule has 0 aromatic rings. The van der Waals surface area contributed by atoms with Crippen molar-refractivity contribution in [3.63, 3.8) is 0 Å². The molecule has 0 aromatic heterocycles. The van der Waals surface area contributed by atoms with Crippen LogP contribution in [0.25, 0.3) is 0 Å². The molecule has 2 aliphatic rings. The number of nitrogens with zero attached hydrogens (tertiary/aromatic N) is 1. The van der Waals surface area contributed by atoms with Crippen LogP contribution in [0.5, 0.6) is 0 Å². The van der Waals surface area contributed by atoms with E-state index >= 15 is 0 Å². The van der Waals surface area contributed by atoms with Crippen LogP contribution < -0.4 is 0 Å². The van der Waals surface area contributed by atoms with E-state index in [1.807, 2.05) is 24.6 Å². The summed E-state index contributed by atoms with van der Waals surface area (Å²) in [7, 11) is 0. The molecule has 1 amide bonds. The Morgan fingerprint density at radius 1 is 1.41 bits per heavy atom. The second-order valence-corrected chi connectivity index (χ2v) is 4.38. The van der Waals surface area contributed by atoms with Crippen molar-refractivity contribution in [2.45, 2.75) is 6.42 Å². The van der Waals surface area contributed by atoms with E-state index in [1.165, 1.54) is 0 Å². The monoisotopic (exact) mass is 252 g/mol. The van der Waals surface area contributed by atoms with Crippen molar-refractivity contribution in [2.24, 2.45) is 0 Å². The van der Waals surface area contributed by atoms with E-state index in [-0.39, 0.29) is 5.91 Å². The van der Waals surface area contributed by atoms with Crippen LogP contribution in [0.4, 0.5) is 0 Å². The van der Waals surface area contributed by atoms with E-state index in [4.69, 9.17) is 16.3 Å². The predicted octanol–water partition coefficient (Wildman–Crippen LogP) is 2.06.